The molecule has 1 aliphatic rings. The van der Waals surface area contributed by atoms with Gasteiger partial charge in [-0.15, -0.1) is 0 Å². The van der Waals surface area contributed by atoms with E-state index < -0.39 is 66.4 Å². The maximum atomic E-state index is 13.8. The van der Waals surface area contributed by atoms with Gasteiger partial charge in [-0.3, -0.25) is 14.4 Å². The molecule has 0 saturated heterocycles. The van der Waals surface area contributed by atoms with E-state index in [0.717, 1.165) is 11.6 Å². The van der Waals surface area contributed by atoms with Crippen molar-refractivity contribution in [2.24, 2.45) is 0 Å². The number of carbonyl (C=O) groups is 4. The molecule has 3 amide bonds. The van der Waals surface area contributed by atoms with Crippen LogP contribution in [0.1, 0.15) is 28.8 Å². The number of nitrogens with zero attached hydrogens (tertiary/aromatic N) is 3. The van der Waals surface area contributed by atoms with Crippen molar-refractivity contribution in [3.63, 3.8) is 0 Å². The molecule has 0 unspecified atom stereocenters. The first-order valence-corrected chi connectivity index (χ1v) is 15.3. The number of ether oxygens (including phenoxy) is 1. The Morgan fingerprint density at radius 2 is 1.57 bits per heavy atom. The lowest BCUT2D eigenvalue weighted by Gasteiger charge is -2.19. The van der Waals surface area contributed by atoms with Gasteiger partial charge in [0.1, 0.15) is 11.9 Å². The fraction of sp³-hybridized carbons (Fsp3) is 0.219. The van der Waals surface area contributed by atoms with Crippen molar-refractivity contribution < 1.29 is 46.6 Å². The highest BCUT2D eigenvalue weighted by Gasteiger charge is 2.45. The highest BCUT2D eigenvalue weighted by atomic mass is 35.5. The number of carbonyl (C=O) groups excluding carboxylic acids is 3. The van der Waals surface area contributed by atoms with Gasteiger partial charge in [-0.1, -0.05) is 35.9 Å². The molecular weight excluding hydrogens is 704 g/mol. The molecule has 1 fully saturated rings. The van der Waals surface area contributed by atoms with Crippen LogP contribution in [0.3, 0.4) is 0 Å². The molecule has 0 aliphatic heterocycles. The third kappa shape index (κ3) is 10.0. The minimum absolute atomic E-state index is 0.0127. The molecule has 1 saturated carbocycles. The Kier molecular flexibility index (Phi) is 10.8. The van der Waals surface area contributed by atoms with E-state index in [9.17, 15) is 41.8 Å². The number of halogens is 5. The number of aromatic nitrogens is 3. The molecule has 51 heavy (non-hydrogen) atoms. The minimum atomic E-state index is -4.66. The molecule has 0 bridgehead atoms. The summed E-state index contributed by atoms with van der Waals surface area (Å²) in [5.41, 5.74) is 0.298. The largest absolute Gasteiger partial charge is 0.480 e. The van der Waals surface area contributed by atoms with Crippen LogP contribution in [0.25, 0.3) is 0 Å². The second-order valence-corrected chi connectivity index (χ2v) is 11.5. The molecule has 1 aromatic heterocycles. The van der Waals surface area contributed by atoms with Gasteiger partial charge in [0.15, 0.2) is 6.61 Å². The number of amides is 3. The van der Waals surface area contributed by atoms with E-state index in [2.05, 4.69) is 41.5 Å². The first-order valence-electron chi connectivity index (χ1n) is 14.9. The van der Waals surface area contributed by atoms with Gasteiger partial charge in [-0.25, -0.2) is 9.18 Å². The Morgan fingerprint density at radius 3 is 2.20 bits per heavy atom. The van der Waals surface area contributed by atoms with Crippen molar-refractivity contribution in [1.82, 2.24) is 25.6 Å². The average Bonchev–Trinajstić information content (AvgIpc) is 3.86. The second kappa shape index (κ2) is 15.2. The molecule has 1 aliphatic carbocycles. The Bertz CT molecular complexity index is 1930. The van der Waals surface area contributed by atoms with Gasteiger partial charge >= 0.3 is 30.0 Å². The molecule has 3 aromatic carbocycles. The Hall–Kier alpha value is -6.04. The number of aliphatic carboxylic acids is 1. The Morgan fingerprint density at radius 1 is 0.902 bits per heavy atom. The van der Waals surface area contributed by atoms with E-state index >= 15 is 0 Å². The number of para-hydroxylation sites is 1. The van der Waals surface area contributed by atoms with Crippen LogP contribution in [0.2, 0.25) is 5.02 Å². The van der Waals surface area contributed by atoms with Gasteiger partial charge in [0.25, 0.3) is 5.91 Å². The van der Waals surface area contributed by atoms with Crippen molar-refractivity contribution in [2.75, 3.05) is 29.1 Å². The normalized spacial score (nSPS) is 13.7. The number of hydrogen-bond donors (Lipinski definition) is 6. The van der Waals surface area contributed by atoms with Gasteiger partial charge in [0.05, 0.1) is 11.2 Å². The van der Waals surface area contributed by atoms with Gasteiger partial charge in [0, 0.05) is 22.8 Å². The molecule has 0 radical (unpaired) electrons. The predicted molar refractivity (Wildman–Crippen MR) is 174 cm³/mol. The lowest BCUT2D eigenvalue weighted by atomic mass is 10.1. The molecule has 6 N–H and O–H groups in total. The zero-order valence-corrected chi connectivity index (χ0v) is 26.8. The maximum Gasteiger partial charge on any atom is 0.422 e. The number of hydrogen-bond acceptors (Lipinski definition) is 10. The van der Waals surface area contributed by atoms with Crippen LogP contribution in [0.5, 0.6) is 6.01 Å². The van der Waals surface area contributed by atoms with Crippen LogP contribution in [-0.2, 0) is 19.9 Å². The van der Waals surface area contributed by atoms with Crippen LogP contribution in [0.15, 0.2) is 72.8 Å². The van der Waals surface area contributed by atoms with E-state index in [1.165, 1.54) is 42.5 Å². The minimum Gasteiger partial charge on any atom is -0.480 e. The number of carboxylic acid groups (broad SMARTS) is 1. The summed E-state index contributed by atoms with van der Waals surface area (Å²) in [6.07, 6.45) is -3.29. The fourth-order valence-electron chi connectivity index (χ4n) is 4.57. The number of nitrogens with one attached hydrogen (secondary N) is 5. The number of carboxylic acids is 1. The molecular formula is C32H27ClF4N8O6. The van der Waals surface area contributed by atoms with Gasteiger partial charge in [-0.05, 0) is 66.9 Å². The zero-order valence-electron chi connectivity index (χ0n) is 26.1. The molecule has 0 spiro atoms. The van der Waals surface area contributed by atoms with Crippen molar-refractivity contribution in [3.05, 3.63) is 94.8 Å². The van der Waals surface area contributed by atoms with Crippen LogP contribution in [-0.4, -0.2) is 69.1 Å². The summed E-state index contributed by atoms with van der Waals surface area (Å²) >= 11 is 6.00. The maximum absolute atomic E-state index is 13.8. The average molecular weight is 731 g/mol. The molecule has 14 nitrogen and oxygen atoms in total. The molecule has 19 heteroatoms. The van der Waals surface area contributed by atoms with Crippen LogP contribution < -0.4 is 31.3 Å². The molecule has 1 atom stereocenters. The summed E-state index contributed by atoms with van der Waals surface area (Å²) < 4.78 is 57.2. The van der Waals surface area contributed by atoms with E-state index in [1.807, 2.05) is 12.1 Å². The van der Waals surface area contributed by atoms with E-state index in [0.29, 0.717) is 17.9 Å². The van der Waals surface area contributed by atoms with E-state index in [-0.39, 0.29) is 28.8 Å². The summed E-state index contributed by atoms with van der Waals surface area (Å²) in [7, 11) is 0. The predicted octanol–water partition coefficient (Wildman–Crippen LogP) is 4.39. The zero-order chi connectivity index (χ0) is 36.8. The molecule has 1 heterocycles. The summed E-state index contributed by atoms with van der Waals surface area (Å²) in [5.74, 6) is -5.95. The van der Waals surface area contributed by atoms with Crippen molar-refractivity contribution in [1.29, 1.82) is 0 Å². The molecule has 5 rings (SSSR count). The van der Waals surface area contributed by atoms with Crippen molar-refractivity contribution >= 4 is 58.6 Å². The first kappa shape index (κ1) is 36.2. The Balaban J connectivity index is 1.23. The third-order valence-electron chi connectivity index (χ3n) is 7.28. The van der Waals surface area contributed by atoms with E-state index in [1.54, 1.807) is 12.1 Å². The van der Waals surface area contributed by atoms with Crippen molar-refractivity contribution in [2.45, 2.75) is 30.6 Å². The van der Waals surface area contributed by atoms with Crippen molar-refractivity contribution in [3.8, 4) is 6.01 Å². The lowest BCUT2D eigenvalue weighted by molar-refractivity contribution is -0.154. The monoisotopic (exact) mass is 730 g/mol. The number of anilines is 4. The number of rotatable bonds is 13. The standard InChI is InChI=1S/C32H27ClF4N8O6/c33-19-9-7-18(8-10-19)31(13-14-31)45-29-42-28(43-30(44-29)51-16-32(35,36)37)39-20-11-5-17(6-12-20)24(46)41-23(27(49)50)15-38-25(47)26(48)40-22-4-2-1-3-21(22)34/h1-12,23H,13-16H2,(H,38,47)(H,40,48)(H,41,46)(H,49,50)(H2,39,42,43,44,45)/t23-/m0/s1. The topological polar surface area (TPSA) is 197 Å². The Labute approximate surface area is 291 Å². The summed E-state index contributed by atoms with van der Waals surface area (Å²) in [6, 6.07) is 15.3. The first-order chi connectivity index (χ1) is 24.2. The smallest absolute Gasteiger partial charge is 0.422 e. The van der Waals surface area contributed by atoms with Gasteiger partial charge < -0.3 is 36.4 Å². The summed E-state index contributed by atoms with van der Waals surface area (Å²) in [5, 5.41) is 22.4. The SMILES string of the molecule is O=C(NC[C@H](NC(=O)c1ccc(Nc2nc(NC3(c4ccc(Cl)cc4)CC3)nc(OCC(F)(F)F)n2)cc1)C(=O)O)C(=O)Nc1ccccc1F. The fourth-order valence-corrected chi connectivity index (χ4v) is 4.69. The summed E-state index contributed by atoms with van der Waals surface area (Å²) in [4.78, 5) is 61.0. The number of alkyl halides is 3. The summed E-state index contributed by atoms with van der Waals surface area (Å²) in [6.45, 7) is -2.33. The van der Waals surface area contributed by atoms with Gasteiger partial charge in [-0.2, -0.15) is 28.1 Å². The number of benzene rings is 3. The molecule has 4 aromatic rings. The third-order valence-corrected chi connectivity index (χ3v) is 7.53. The highest BCUT2D eigenvalue weighted by Crippen LogP contribution is 2.48. The molecule has 266 valence electrons. The van der Waals surface area contributed by atoms with Gasteiger partial charge in [0.2, 0.25) is 11.9 Å². The quantitative estimate of drug-likeness (QED) is 0.0843. The lowest BCUT2D eigenvalue weighted by Crippen LogP contribution is -2.50. The van der Waals surface area contributed by atoms with E-state index in [4.69, 9.17) is 16.3 Å². The highest BCUT2D eigenvalue weighted by molar-refractivity contribution is 6.39. The second-order valence-electron chi connectivity index (χ2n) is 11.1. The van der Waals surface area contributed by atoms with Crippen LogP contribution in [0.4, 0.5) is 40.8 Å². The van der Waals surface area contributed by atoms with Crippen LogP contribution in [0, 0.1) is 5.82 Å². The van der Waals surface area contributed by atoms with Crippen LogP contribution >= 0.6 is 11.6 Å².